The third-order valence-corrected chi connectivity index (χ3v) is 6.36. The molecule has 2 aliphatic rings. The lowest BCUT2D eigenvalue weighted by atomic mass is 9.98. The van der Waals surface area contributed by atoms with Crippen LogP contribution in [0.1, 0.15) is 48.8 Å². The minimum Gasteiger partial charge on any atom is -0.356 e. The fraction of sp³-hybridized carbons (Fsp3) is 0.480. The van der Waals surface area contributed by atoms with Gasteiger partial charge in [0.15, 0.2) is 5.96 Å². The van der Waals surface area contributed by atoms with Gasteiger partial charge >= 0.3 is 0 Å². The van der Waals surface area contributed by atoms with E-state index < -0.39 is 0 Å². The number of hydrogen-bond acceptors (Lipinski definition) is 3. The number of likely N-dealkylation sites (tertiary alicyclic amines) is 1. The van der Waals surface area contributed by atoms with E-state index in [0.29, 0.717) is 18.2 Å². The first-order chi connectivity index (χ1) is 15.2. The molecule has 0 bridgehead atoms. The van der Waals surface area contributed by atoms with E-state index in [1.54, 1.807) is 0 Å². The number of fused-ring (bicyclic) bond motifs is 1. The van der Waals surface area contributed by atoms with Crippen LogP contribution in [0.4, 0.5) is 5.69 Å². The first kappa shape index (κ1) is 24.5. The fourth-order valence-electron chi connectivity index (χ4n) is 4.65. The Hall–Kier alpha value is -2.16. The molecule has 1 saturated heterocycles. The second-order valence-electron chi connectivity index (χ2n) is 8.43. The largest absolute Gasteiger partial charge is 0.356 e. The summed E-state index contributed by atoms with van der Waals surface area (Å²) in [5, 5.41) is 3.49. The van der Waals surface area contributed by atoms with Crippen molar-refractivity contribution in [3.8, 4) is 0 Å². The van der Waals surface area contributed by atoms with Crippen molar-refractivity contribution < 1.29 is 4.79 Å². The number of carbonyl (C=O) groups excluding carboxylic acids is 1. The van der Waals surface area contributed by atoms with Crippen LogP contribution in [0.15, 0.2) is 47.7 Å². The number of para-hydroxylation sites is 1. The fourth-order valence-corrected chi connectivity index (χ4v) is 4.65. The van der Waals surface area contributed by atoms with Gasteiger partial charge in [-0.25, -0.2) is 0 Å². The van der Waals surface area contributed by atoms with Crippen LogP contribution < -0.4 is 10.2 Å². The average molecular weight is 547 g/mol. The van der Waals surface area contributed by atoms with E-state index in [-0.39, 0.29) is 24.0 Å². The predicted molar refractivity (Wildman–Crippen MR) is 141 cm³/mol. The van der Waals surface area contributed by atoms with Gasteiger partial charge in [-0.2, -0.15) is 0 Å². The van der Waals surface area contributed by atoms with Gasteiger partial charge in [0.25, 0.3) is 0 Å². The zero-order valence-corrected chi connectivity index (χ0v) is 21.4. The Bertz CT molecular complexity index is 947. The molecule has 172 valence electrons. The Morgan fingerprint density at radius 3 is 2.88 bits per heavy atom. The number of nitrogens with one attached hydrogen (secondary N) is 1. The quantitative estimate of drug-likeness (QED) is 0.322. The summed E-state index contributed by atoms with van der Waals surface area (Å²) < 4.78 is 0. The van der Waals surface area contributed by atoms with Crippen molar-refractivity contribution in [2.75, 3.05) is 37.6 Å². The highest BCUT2D eigenvalue weighted by Crippen LogP contribution is 2.38. The summed E-state index contributed by atoms with van der Waals surface area (Å²) in [6.07, 6.45) is 7.37. The normalized spacial score (nSPS) is 18.0. The Labute approximate surface area is 208 Å². The Balaban J connectivity index is 0.00000289. The van der Waals surface area contributed by atoms with E-state index in [1.165, 1.54) is 22.4 Å². The van der Waals surface area contributed by atoms with Crippen LogP contribution in [-0.2, 0) is 11.2 Å². The van der Waals surface area contributed by atoms with E-state index in [1.807, 2.05) is 17.3 Å². The van der Waals surface area contributed by atoms with Crippen molar-refractivity contribution in [3.63, 3.8) is 0 Å². The summed E-state index contributed by atoms with van der Waals surface area (Å²) in [7, 11) is 0. The van der Waals surface area contributed by atoms with Crippen LogP contribution in [0, 0.1) is 6.92 Å². The van der Waals surface area contributed by atoms with Crippen LogP contribution in [0.3, 0.4) is 0 Å². The number of anilines is 1. The standard InChI is InChI=1S/C25H33N5O.HI/c1-3-27-25(28-14-11-20-10-13-26-17-19(20)2)30-18-21(22-7-4-5-8-23(22)30)12-16-29-15-6-9-24(29)31;/h4-5,7-8,10,13,17,21H,3,6,9,11-12,14-16,18H2,1-2H3,(H,27,28);1H. The highest BCUT2D eigenvalue weighted by atomic mass is 127. The Morgan fingerprint density at radius 2 is 2.12 bits per heavy atom. The average Bonchev–Trinajstić information content (AvgIpc) is 3.36. The summed E-state index contributed by atoms with van der Waals surface area (Å²) in [5.41, 5.74) is 5.11. The number of aryl methyl sites for hydroxylation is 1. The zero-order valence-electron chi connectivity index (χ0n) is 19.1. The number of pyridine rings is 1. The molecule has 7 heteroatoms. The molecule has 1 fully saturated rings. The molecule has 0 aliphatic carbocycles. The molecule has 1 aromatic carbocycles. The third-order valence-electron chi connectivity index (χ3n) is 6.36. The number of nitrogens with zero attached hydrogens (tertiary/aromatic N) is 4. The number of amides is 1. The van der Waals surface area contributed by atoms with E-state index in [9.17, 15) is 4.79 Å². The number of hydrogen-bond donors (Lipinski definition) is 1. The molecule has 1 atom stereocenters. The zero-order chi connectivity index (χ0) is 21.6. The second kappa shape index (κ2) is 11.6. The van der Waals surface area contributed by atoms with Gasteiger partial charge < -0.3 is 15.1 Å². The molecule has 2 aliphatic heterocycles. The molecule has 0 spiro atoms. The maximum absolute atomic E-state index is 12.0. The van der Waals surface area contributed by atoms with Crippen molar-refractivity contribution in [2.45, 2.75) is 45.4 Å². The van der Waals surface area contributed by atoms with Crippen molar-refractivity contribution in [1.82, 2.24) is 15.2 Å². The topological polar surface area (TPSA) is 60.8 Å². The first-order valence-electron chi connectivity index (χ1n) is 11.5. The Morgan fingerprint density at radius 1 is 1.28 bits per heavy atom. The van der Waals surface area contributed by atoms with Gasteiger partial charge in [0.2, 0.25) is 5.91 Å². The number of aliphatic imine (C=N–C) groups is 1. The van der Waals surface area contributed by atoms with Crippen molar-refractivity contribution >= 4 is 41.5 Å². The molecular formula is C25H34IN5O. The summed E-state index contributed by atoms with van der Waals surface area (Å²) in [4.78, 5) is 25.5. The molecule has 1 aromatic heterocycles. The minimum atomic E-state index is 0. The number of aromatic nitrogens is 1. The summed E-state index contributed by atoms with van der Waals surface area (Å²) in [6, 6.07) is 10.7. The molecular weight excluding hydrogens is 513 g/mol. The molecule has 32 heavy (non-hydrogen) atoms. The van der Waals surface area contributed by atoms with Gasteiger partial charge in [0.1, 0.15) is 0 Å². The maximum Gasteiger partial charge on any atom is 0.222 e. The second-order valence-corrected chi connectivity index (χ2v) is 8.43. The van der Waals surface area contributed by atoms with Gasteiger partial charge in [-0.1, -0.05) is 18.2 Å². The summed E-state index contributed by atoms with van der Waals surface area (Å²) in [5.74, 6) is 1.67. The van der Waals surface area contributed by atoms with Crippen LogP contribution in [0.2, 0.25) is 0 Å². The van der Waals surface area contributed by atoms with Crippen molar-refractivity contribution in [2.24, 2.45) is 4.99 Å². The highest BCUT2D eigenvalue weighted by molar-refractivity contribution is 14.0. The molecule has 0 saturated carbocycles. The monoisotopic (exact) mass is 547 g/mol. The molecule has 6 nitrogen and oxygen atoms in total. The van der Waals surface area contributed by atoms with Crippen LogP contribution in [0.25, 0.3) is 0 Å². The molecule has 4 rings (SSSR count). The van der Waals surface area contributed by atoms with Crippen LogP contribution in [-0.4, -0.2) is 54.5 Å². The smallest absolute Gasteiger partial charge is 0.222 e. The number of guanidine groups is 1. The molecule has 3 heterocycles. The first-order valence-corrected chi connectivity index (χ1v) is 11.5. The van der Waals surface area contributed by atoms with Gasteiger partial charge in [-0.15, -0.1) is 24.0 Å². The van der Waals surface area contributed by atoms with Crippen LogP contribution >= 0.6 is 24.0 Å². The van der Waals surface area contributed by atoms with Crippen molar-refractivity contribution in [3.05, 3.63) is 59.4 Å². The van der Waals surface area contributed by atoms with E-state index in [4.69, 9.17) is 4.99 Å². The molecule has 1 N–H and O–H groups in total. The van der Waals surface area contributed by atoms with Gasteiger partial charge in [0, 0.05) is 63.1 Å². The van der Waals surface area contributed by atoms with E-state index in [2.05, 4.69) is 59.4 Å². The number of rotatable bonds is 7. The molecule has 1 unspecified atom stereocenters. The highest BCUT2D eigenvalue weighted by Gasteiger charge is 2.32. The maximum atomic E-state index is 12.0. The number of carbonyl (C=O) groups is 1. The SMILES string of the molecule is CCNC(=NCCc1ccncc1C)N1CC(CCN2CCCC2=O)c2ccccc21.I. The summed E-state index contributed by atoms with van der Waals surface area (Å²) in [6.45, 7) is 8.44. The minimum absolute atomic E-state index is 0. The predicted octanol–water partition coefficient (Wildman–Crippen LogP) is 4.13. The van der Waals surface area contributed by atoms with Gasteiger partial charge in [0.05, 0.1) is 0 Å². The molecule has 0 radical (unpaired) electrons. The lowest BCUT2D eigenvalue weighted by molar-refractivity contribution is -0.127. The number of benzene rings is 1. The summed E-state index contributed by atoms with van der Waals surface area (Å²) >= 11 is 0. The van der Waals surface area contributed by atoms with Crippen molar-refractivity contribution in [1.29, 1.82) is 0 Å². The Kier molecular flexibility index (Phi) is 8.90. The number of halogens is 1. The van der Waals surface area contributed by atoms with E-state index >= 15 is 0 Å². The van der Waals surface area contributed by atoms with Gasteiger partial charge in [-0.05, 0) is 61.9 Å². The lowest BCUT2D eigenvalue weighted by Gasteiger charge is -2.23. The third kappa shape index (κ3) is 5.60. The van der Waals surface area contributed by atoms with Crippen LogP contribution in [0.5, 0.6) is 0 Å². The van der Waals surface area contributed by atoms with E-state index in [0.717, 1.165) is 57.9 Å². The molecule has 1 amide bonds. The lowest BCUT2D eigenvalue weighted by Crippen LogP contribution is -2.41. The molecule has 2 aromatic rings. The van der Waals surface area contributed by atoms with Gasteiger partial charge in [-0.3, -0.25) is 14.8 Å².